The van der Waals surface area contributed by atoms with E-state index >= 15 is 0 Å². The molecule has 12 aromatic carbocycles. The normalized spacial score (nSPS) is 12.0. The van der Waals surface area contributed by atoms with E-state index in [1.54, 1.807) is 0 Å². The molecular weight excluding hydrogens is 1080 g/mol. The van der Waals surface area contributed by atoms with Gasteiger partial charge < -0.3 is 26.8 Å². The third kappa shape index (κ3) is 8.33. The maximum atomic E-state index is 6.56. The number of rotatable bonds is 10. The molecule has 0 saturated carbocycles. The Morgan fingerprint density at radius 2 is 0.648 bits per heavy atom. The molecule has 88 heavy (non-hydrogen) atoms. The van der Waals surface area contributed by atoms with Crippen molar-refractivity contribution in [3.8, 4) is 79.4 Å². The molecule has 10 heteroatoms. The van der Waals surface area contributed by atoms with Crippen LogP contribution in [0, 0.1) is 6.92 Å². The standard InChI is InChI=1S/C78H48N6O4/c1-46-17-22-49(23-18-46)50-26-32-57(33-27-50)83-67-34-28-53(75-79-63-11-2-5-14-71(63)85-75)42-59(67)60-45-56(29-35-68(60)83)78-82-66-40-48(21-38-74(66)88-78)39-47-19-24-51(25-20-47)52-9-8-10-58(41-52)84-69-36-30-54(76-80-64-12-3-6-15-72(64)86-76)43-61(69)62-44-55(31-37-70(62)84)77-81-65-13-4-7-16-73(65)87-77/h2-38,40-45H,39H2,1H3. The summed E-state index contributed by atoms with van der Waals surface area (Å²) in [5.74, 6) is 2.30. The Kier molecular flexibility index (Phi) is 11.0. The SMILES string of the molecule is Cc1ccc(-c2ccc(-n3c4ccc(-c5nc6ccccc6o5)cc4c4cc(-c5nc6cc(Cc7ccc(-c8cccc(-n9c%10ccc(-c%11nc%12ccccc%12o%11)cc%10c%10cc(-c%11nc%12ccccc%12o%11)ccc%109)c8)cc7)ccc6o5)ccc43)cc2)cc1. The van der Waals surface area contributed by atoms with Crippen molar-refractivity contribution in [2.45, 2.75) is 13.3 Å². The van der Waals surface area contributed by atoms with Crippen molar-refractivity contribution in [2.75, 3.05) is 0 Å². The van der Waals surface area contributed by atoms with Crippen molar-refractivity contribution in [1.29, 1.82) is 0 Å². The van der Waals surface area contributed by atoms with Gasteiger partial charge in [0.05, 0.1) is 22.1 Å². The van der Waals surface area contributed by atoms with E-state index in [2.05, 4.69) is 198 Å². The molecule has 414 valence electrons. The zero-order valence-corrected chi connectivity index (χ0v) is 47.3. The molecule has 0 saturated heterocycles. The first kappa shape index (κ1) is 49.5. The minimum Gasteiger partial charge on any atom is -0.436 e. The molecule has 18 rings (SSSR count). The Bertz CT molecular complexity index is 5570. The van der Waals surface area contributed by atoms with Crippen molar-refractivity contribution < 1.29 is 17.7 Å². The van der Waals surface area contributed by atoms with Gasteiger partial charge in [0, 0.05) is 55.2 Å². The first-order valence-electron chi connectivity index (χ1n) is 29.4. The Balaban J connectivity index is 0.650. The second-order valence-electron chi connectivity index (χ2n) is 22.7. The third-order valence-electron chi connectivity index (χ3n) is 17.2. The predicted molar refractivity (Wildman–Crippen MR) is 352 cm³/mol. The van der Waals surface area contributed by atoms with Gasteiger partial charge >= 0.3 is 0 Å². The minimum absolute atomic E-state index is 0.564. The molecule has 0 atom stereocenters. The van der Waals surface area contributed by atoms with Crippen LogP contribution in [0.4, 0.5) is 0 Å². The lowest BCUT2D eigenvalue weighted by Gasteiger charge is -2.11. The highest BCUT2D eigenvalue weighted by Gasteiger charge is 2.21. The molecule has 0 aliphatic rings. The number of nitrogens with zero attached hydrogens (tertiary/aromatic N) is 6. The summed E-state index contributed by atoms with van der Waals surface area (Å²) in [6, 6.07) is 90.9. The fourth-order valence-electron chi connectivity index (χ4n) is 12.8. The summed E-state index contributed by atoms with van der Waals surface area (Å²) in [6.45, 7) is 2.12. The molecule has 0 radical (unpaired) electrons. The second kappa shape index (κ2) is 19.6. The molecule has 0 unspecified atom stereocenters. The maximum absolute atomic E-state index is 6.56. The van der Waals surface area contributed by atoms with Crippen molar-refractivity contribution in [3.63, 3.8) is 0 Å². The lowest BCUT2D eigenvalue weighted by molar-refractivity contribution is 0.619. The molecule has 0 aliphatic heterocycles. The van der Waals surface area contributed by atoms with Crippen LogP contribution in [0.3, 0.4) is 0 Å². The zero-order valence-electron chi connectivity index (χ0n) is 47.3. The Labute approximate surface area is 502 Å². The molecule has 0 amide bonds. The summed E-state index contributed by atoms with van der Waals surface area (Å²) >= 11 is 0. The van der Waals surface area contributed by atoms with E-state index in [0.717, 1.165) is 145 Å². The van der Waals surface area contributed by atoms with E-state index in [-0.39, 0.29) is 0 Å². The Hall–Kier alpha value is -11.9. The molecular formula is C78H48N6O4. The molecule has 0 spiro atoms. The minimum atomic E-state index is 0.564. The maximum Gasteiger partial charge on any atom is 0.227 e. The van der Waals surface area contributed by atoms with E-state index in [0.29, 0.717) is 23.6 Å². The first-order chi connectivity index (χ1) is 43.4. The molecule has 10 nitrogen and oxygen atoms in total. The van der Waals surface area contributed by atoms with Crippen molar-refractivity contribution in [2.24, 2.45) is 0 Å². The van der Waals surface area contributed by atoms with Crippen LogP contribution in [-0.4, -0.2) is 29.1 Å². The summed E-state index contributed by atoms with van der Waals surface area (Å²) < 4.78 is 30.1. The number of aryl methyl sites for hydroxylation is 1. The second-order valence-corrected chi connectivity index (χ2v) is 22.7. The number of benzene rings is 12. The van der Waals surface area contributed by atoms with Gasteiger partial charge in [-0.15, -0.1) is 0 Å². The van der Waals surface area contributed by atoms with Crippen LogP contribution in [-0.2, 0) is 6.42 Å². The molecule has 6 aromatic heterocycles. The highest BCUT2D eigenvalue weighted by molar-refractivity contribution is 6.13. The van der Waals surface area contributed by atoms with Crippen LogP contribution < -0.4 is 0 Å². The summed E-state index contributed by atoms with van der Waals surface area (Å²) in [5, 5.41) is 4.26. The topological polar surface area (TPSA) is 114 Å². The van der Waals surface area contributed by atoms with Crippen LogP contribution in [0.1, 0.15) is 16.7 Å². The third-order valence-corrected chi connectivity index (χ3v) is 17.2. The Morgan fingerprint density at radius 3 is 1.11 bits per heavy atom. The average Bonchev–Trinajstić information content (AvgIpc) is 1.76. The van der Waals surface area contributed by atoms with Gasteiger partial charge in [-0.1, -0.05) is 121 Å². The molecule has 0 bridgehead atoms. The van der Waals surface area contributed by atoms with Crippen LogP contribution in [0.25, 0.3) is 167 Å². The fourth-order valence-corrected chi connectivity index (χ4v) is 12.8. The van der Waals surface area contributed by atoms with Gasteiger partial charge in [-0.05, 0) is 192 Å². The van der Waals surface area contributed by atoms with Crippen LogP contribution in [0.2, 0.25) is 0 Å². The lowest BCUT2D eigenvalue weighted by Crippen LogP contribution is -1.94. The summed E-state index contributed by atoms with van der Waals surface area (Å²) in [7, 11) is 0. The smallest absolute Gasteiger partial charge is 0.227 e. The number of hydrogen-bond acceptors (Lipinski definition) is 8. The monoisotopic (exact) mass is 1130 g/mol. The zero-order chi connectivity index (χ0) is 58.0. The quantitative estimate of drug-likeness (QED) is 0.133. The van der Waals surface area contributed by atoms with Gasteiger partial charge in [0.25, 0.3) is 0 Å². The molecule has 18 aromatic rings. The van der Waals surface area contributed by atoms with Gasteiger partial charge in [0.15, 0.2) is 22.3 Å². The highest BCUT2D eigenvalue weighted by atomic mass is 16.4. The largest absolute Gasteiger partial charge is 0.436 e. The lowest BCUT2D eigenvalue weighted by atomic mass is 10.00. The summed E-state index contributed by atoms with van der Waals surface area (Å²) in [6.07, 6.45) is 0.733. The number of fused-ring (bicyclic) bond motifs is 10. The highest BCUT2D eigenvalue weighted by Crippen LogP contribution is 2.41. The van der Waals surface area contributed by atoms with Gasteiger partial charge in [0.2, 0.25) is 23.6 Å². The van der Waals surface area contributed by atoms with Crippen molar-refractivity contribution >= 4 is 88.0 Å². The van der Waals surface area contributed by atoms with E-state index < -0.39 is 0 Å². The van der Waals surface area contributed by atoms with E-state index in [4.69, 9.17) is 37.6 Å². The van der Waals surface area contributed by atoms with Crippen LogP contribution >= 0.6 is 0 Å². The van der Waals surface area contributed by atoms with Crippen LogP contribution in [0.15, 0.2) is 279 Å². The Morgan fingerprint density at radius 1 is 0.273 bits per heavy atom. The van der Waals surface area contributed by atoms with Gasteiger partial charge in [-0.25, -0.2) is 19.9 Å². The van der Waals surface area contributed by atoms with Gasteiger partial charge in [-0.3, -0.25) is 0 Å². The van der Waals surface area contributed by atoms with E-state index in [9.17, 15) is 0 Å². The molecule has 0 aliphatic carbocycles. The van der Waals surface area contributed by atoms with Crippen LogP contribution in [0.5, 0.6) is 0 Å². The van der Waals surface area contributed by atoms with Crippen molar-refractivity contribution in [3.05, 3.63) is 278 Å². The predicted octanol–water partition coefficient (Wildman–Crippen LogP) is 20.3. The van der Waals surface area contributed by atoms with Gasteiger partial charge in [0.1, 0.15) is 22.1 Å². The van der Waals surface area contributed by atoms with E-state index in [1.807, 2.05) is 78.9 Å². The summed E-state index contributed by atoms with van der Waals surface area (Å²) in [4.78, 5) is 19.7. The van der Waals surface area contributed by atoms with Gasteiger partial charge in [-0.2, -0.15) is 0 Å². The number of hydrogen-bond donors (Lipinski definition) is 0. The summed E-state index contributed by atoms with van der Waals surface area (Å²) in [5.41, 5.74) is 24.4. The number of aromatic nitrogens is 6. The average molecular weight is 1130 g/mol. The van der Waals surface area contributed by atoms with E-state index in [1.165, 1.54) is 22.3 Å². The number of para-hydroxylation sites is 6. The molecule has 0 N–H and O–H groups in total. The number of oxazole rings is 4. The fraction of sp³-hybridized carbons (Fsp3) is 0.0256. The first-order valence-corrected chi connectivity index (χ1v) is 29.4. The van der Waals surface area contributed by atoms with Crippen molar-refractivity contribution in [1.82, 2.24) is 29.1 Å². The molecule has 6 heterocycles. The molecule has 0 fully saturated rings.